The molecule has 0 aliphatic carbocycles. The van der Waals surface area contributed by atoms with Crippen molar-refractivity contribution in [1.29, 1.82) is 0 Å². The molecule has 0 aromatic rings. The van der Waals surface area contributed by atoms with E-state index < -0.39 is 5.97 Å². The summed E-state index contributed by atoms with van der Waals surface area (Å²) in [6.07, 6.45) is 68.1. The van der Waals surface area contributed by atoms with E-state index >= 15 is 0 Å². The van der Waals surface area contributed by atoms with Crippen LogP contribution in [0.5, 0.6) is 0 Å². The molecular weight excluding hydrogens is 707 g/mol. The van der Waals surface area contributed by atoms with Crippen molar-refractivity contribution in [3.63, 3.8) is 0 Å². The molecule has 0 rings (SSSR count). The van der Waals surface area contributed by atoms with Gasteiger partial charge in [0.05, 0.1) is 5.92 Å². The zero-order valence-corrected chi connectivity index (χ0v) is 40.2. The average molecular weight is 814 g/mol. The Morgan fingerprint density at radius 1 is 0.362 bits per heavy atom. The summed E-state index contributed by atoms with van der Waals surface area (Å²) in [5.41, 5.74) is 0. The number of carboxylic acid groups (broad SMARTS) is 1. The van der Waals surface area contributed by atoms with Gasteiger partial charge in [-0.15, -0.1) is 0 Å². The van der Waals surface area contributed by atoms with Gasteiger partial charge in [-0.3, -0.25) is 4.79 Å². The second kappa shape index (κ2) is 50.3. The predicted octanol–water partition coefficient (Wildman–Crippen LogP) is 18.9. The molecule has 1 atom stereocenters. The quantitative estimate of drug-likeness (QED) is 0.0491. The van der Waals surface area contributed by atoms with Crippen molar-refractivity contribution in [2.45, 2.75) is 296 Å². The van der Waals surface area contributed by atoms with Crippen LogP contribution in [-0.4, -0.2) is 36.1 Å². The minimum absolute atomic E-state index is 0.116. The highest BCUT2D eigenvalue weighted by Crippen LogP contribution is 2.21. The zero-order chi connectivity index (χ0) is 42.1. The van der Waals surface area contributed by atoms with Crippen molar-refractivity contribution in [3.8, 4) is 0 Å². The van der Waals surface area contributed by atoms with Crippen LogP contribution in [0, 0.1) is 5.92 Å². The highest BCUT2D eigenvalue weighted by Gasteiger charge is 2.16. The summed E-state index contributed by atoms with van der Waals surface area (Å²) in [7, 11) is 2.33. The van der Waals surface area contributed by atoms with E-state index in [0.717, 1.165) is 25.7 Å². The van der Waals surface area contributed by atoms with Crippen LogP contribution in [0.1, 0.15) is 296 Å². The van der Waals surface area contributed by atoms with Crippen LogP contribution in [-0.2, 0) is 4.79 Å². The van der Waals surface area contributed by atoms with Gasteiger partial charge in [0.1, 0.15) is 0 Å². The van der Waals surface area contributed by atoms with Gasteiger partial charge in [0, 0.05) is 0 Å². The molecule has 3 nitrogen and oxygen atoms in total. The van der Waals surface area contributed by atoms with Gasteiger partial charge in [-0.1, -0.05) is 244 Å². The smallest absolute Gasteiger partial charge is 0.306 e. The van der Waals surface area contributed by atoms with E-state index in [1.54, 1.807) is 0 Å². The molecular formula is C55H107NO2. The molecule has 0 aromatic heterocycles. The van der Waals surface area contributed by atoms with Crippen LogP contribution < -0.4 is 0 Å². The van der Waals surface area contributed by atoms with Crippen molar-refractivity contribution in [1.82, 2.24) is 4.90 Å². The van der Waals surface area contributed by atoms with Gasteiger partial charge in [0.2, 0.25) is 0 Å². The first-order valence-electron chi connectivity index (χ1n) is 26.8. The van der Waals surface area contributed by atoms with Gasteiger partial charge in [0.15, 0.2) is 0 Å². The molecule has 0 amide bonds. The number of carboxylic acids is 1. The van der Waals surface area contributed by atoms with E-state index in [0.29, 0.717) is 0 Å². The molecule has 0 bridgehead atoms. The van der Waals surface area contributed by atoms with Gasteiger partial charge < -0.3 is 10.0 Å². The Bertz CT molecular complexity index is 836. The van der Waals surface area contributed by atoms with Crippen LogP contribution in [0.2, 0.25) is 0 Å². The summed E-state index contributed by atoms with van der Waals surface area (Å²) in [5.74, 6) is -0.676. The summed E-state index contributed by atoms with van der Waals surface area (Å²) in [4.78, 5) is 14.4. The van der Waals surface area contributed by atoms with E-state index in [1.165, 1.54) is 270 Å². The number of hydrogen-bond donors (Lipinski definition) is 1. The first kappa shape index (κ1) is 56.9. The molecule has 344 valence electrons. The molecule has 0 saturated carbocycles. The molecule has 0 spiro atoms. The molecule has 1 unspecified atom stereocenters. The average Bonchev–Trinajstić information content (AvgIpc) is 3.22. The highest BCUT2D eigenvalue weighted by molar-refractivity contribution is 5.69. The summed E-state index contributed by atoms with van der Waals surface area (Å²) in [5, 5.41) is 9.72. The Morgan fingerprint density at radius 2 is 0.586 bits per heavy atom. The molecule has 58 heavy (non-hydrogen) atoms. The molecule has 0 heterocycles. The van der Waals surface area contributed by atoms with Gasteiger partial charge in [-0.25, -0.2) is 0 Å². The topological polar surface area (TPSA) is 40.5 Å². The molecule has 3 heteroatoms. The summed E-state index contributed by atoms with van der Waals surface area (Å²) < 4.78 is 0. The third-order valence-electron chi connectivity index (χ3n) is 12.8. The molecule has 0 aliphatic rings. The number of nitrogens with zero attached hydrogens (tertiary/aromatic N) is 1. The maximum Gasteiger partial charge on any atom is 0.306 e. The minimum Gasteiger partial charge on any atom is -0.481 e. The van der Waals surface area contributed by atoms with Gasteiger partial charge in [-0.05, 0) is 97.2 Å². The first-order chi connectivity index (χ1) is 28.6. The maximum atomic E-state index is 11.8. The molecule has 0 fully saturated rings. The van der Waals surface area contributed by atoms with Crippen molar-refractivity contribution < 1.29 is 9.90 Å². The van der Waals surface area contributed by atoms with Gasteiger partial charge >= 0.3 is 5.97 Å². The number of aliphatic carboxylic acids is 1. The number of allylic oxidation sites excluding steroid dienone is 4. The number of hydrogen-bond acceptors (Lipinski definition) is 2. The second-order valence-electron chi connectivity index (χ2n) is 18.7. The monoisotopic (exact) mass is 814 g/mol. The van der Waals surface area contributed by atoms with Crippen LogP contribution >= 0.6 is 0 Å². The Kier molecular flexibility index (Phi) is 49.3. The highest BCUT2D eigenvalue weighted by atomic mass is 16.4. The minimum atomic E-state index is -0.560. The maximum absolute atomic E-state index is 11.8. The first-order valence-corrected chi connectivity index (χ1v) is 26.8. The van der Waals surface area contributed by atoms with E-state index in [1.807, 2.05) is 0 Å². The molecule has 1 N–H and O–H groups in total. The third kappa shape index (κ3) is 47.6. The lowest BCUT2D eigenvalue weighted by atomic mass is 9.94. The Labute approximate surface area is 366 Å². The Hall–Kier alpha value is -1.09. The van der Waals surface area contributed by atoms with Gasteiger partial charge in [-0.2, -0.15) is 0 Å². The van der Waals surface area contributed by atoms with Crippen molar-refractivity contribution >= 4 is 5.97 Å². The molecule has 0 saturated heterocycles. The van der Waals surface area contributed by atoms with E-state index in [-0.39, 0.29) is 5.92 Å². The number of unbranched alkanes of at least 4 members (excludes halogenated alkanes) is 37. The van der Waals surface area contributed by atoms with Crippen molar-refractivity contribution in [2.24, 2.45) is 5.92 Å². The van der Waals surface area contributed by atoms with Crippen molar-refractivity contribution in [3.05, 3.63) is 24.3 Å². The number of carbonyl (C=O) groups is 1. The Morgan fingerprint density at radius 3 is 0.845 bits per heavy atom. The normalized spacial score (nSPS) is 12.6. The lowest BCUT2D eigenvalue weighted by Crippen LogP contribution is -2.20. The SMILES string of the molecule is CCCCCCCCC=CCCCCCCCCC(CCCCCCCCCCCCCCCCN(C)CCCCCCCCC=CCCCCCCCC)C(=O)O. The van der Waals surface area contributed by atoms with Crippen LogP contribution in [0.15, 0.2) is 24.3 Å². The van der Waals surface area contributed by atoms with Crippen molar-refractivity contribution in [2.75, 3.05) is 20.1 Å². The van der Waals surface area contributed by atoms with E-state index in [2.05, 4.69) is 50.1 Å². The second-order valence-corrected chi connectivity index (χ2v) is 18.7. The van der Waals surface area contributed by atoms with Gasteiger partial charge in [0.25, 0.3) is 0 Å². The lowest BCUT2D eigenvalue weighted by Gasteiger charge is -2.16. The van der Waals surface area contributed by atoms with Crippen LogP contribution in [0.4, 0.5) is 0 Å². The largest absolute Gasteiger partial charge is 0.481 e. The fourth-order valence-corrected chi connectivity index (χ4v) is 8.66. The molecule has 0 aliphatic heterocycles. The summed E-state index contributed by atoms with van der Waals surface area (Å²) in [6, 6.07) is 0. The van der Waals surface area contributed by atoms with Crippen LogP contribution in [0.25, 0.3) is 0 Å². The fraction of sp³-hybridized carbons (Fsp3) is 0.909. The van der Waals surface area contributed by atoms with E-state index in [4.69, 9.17) is 0 Å². The zero-order valence-electron chi connectivity index (χ0n) is 40.2. The summed E-state index contributed by atoms with van der Waals surface area (Å²) in [6.45, 7) is 7.14. The standard InChI is InChI=1S/C55H107NO2/c1-4-6-8-10-12-14-16-18-20-22-26-30-34-38-42-46-50-54(55(57)58)51-47-43-39-35-31-27-23-25-29-33-37-41-45-49-53-56(3)52-48-44-40-36-32-28-24-21-19-17-15-13-11-9-7-5-2/h18-21,54H,4-17,22-53H2,1-3H3,(H,57,58). The third-order valence-corrected chi connectivity index (χ3v) is 12.8. The van der Waals surface area contributed by atoms with Crippen LogP contribution in [0.3, 0.4) is 0 Å². The lowest BCUT2D eigenvalue weighted by molar-refractivity contribution is -0.142. The molecule has 0 radical (unpaired) electrons. The van der Waals surface area contributed by atoms with E-state index in [9.17, 15) is 9.90 Å². The predicted molar refractivity (Wildman–Crippen MR) is 261 cm³/mol. The number of rotatable bonds is 50. The molecule has 0 aromatic carbocycles. The fourth-order valence-electron chi connectivity index (χ4n) is 8.66. The Balaban J connectivity index is 3.39. The summed E-state index contributed by atoms with van der Waals surface area (Å²) >= 11 is 0.